The fraction of sp³-hybridized carbons (Fsp3) is 0.600. The van der Waals surface area contributed by atoms with E-state index in [1.807, 2.05) is 0 Å². The van der Waals surface area contributed by atoms with Crippen LogP contribution in [0.25, 0.3) is 0 Å². The fourth-order valence-corrected chi connectivity index (χ4v) is 1.95. The third-order valence-corrected chi connectivity index (χ3v) is 3.42. The molecule has 0 aliphatic rings. The van der Waals surface area contributed by atoms with Crippen molar-refractivity contribution < 1.29 is 39.0 Å². The minimum Gasteiger partial charge on any atom is -0.481 e. The Labute approximate surface area is 160 Å². The summed E-state index contributed by atoms with van der Waals surface area (Å²) in [6, 6.07) is -3.60. The van der Waals surface area contributed by atoms with Gasteiger partial charge in [-0.3, -0.25) is 28.8 Å². The SMILES string of the molecule is CC(N)C(=O)NC(CCC(=O)O)C(=O)NC(CCC(N)=O)C(=O)NCC(=O)O. The Balaban J connectivity index is 5.24. The second-order valence-electron chi connectivity index (χ2n) is 5.96. The van der Waals surface area contributed by atoms with Crippen molar-refractivity contribution in [3.63, 3.8) is 0 Å². The third kappa shape index (κ3) is 10.7. The van der Waals surface area contributed by atoms with Crippen molar-refractivity contribution in [2.75, 3.05) is 6.54 Å². The number of carboxylic acid groups (broad SMARTS) is 2. The van der Waals surface area contributed by atoms with Crippen molar-refractivity contribution in [1.29, 1.82) is 0 Å². The largest absolute Gasteiger partial charge is 0.481 e. The number of carbonyl (C=O) groups is 6. The average molecular weight is 403 g/mol. The molecule has 3 unspecified atom stereocenters. The summed E-state index contributed by atoms with van der Waals surface area (Å²) in [5.74, 6) is -5.77. The lowest BCUT2D eigenvalue weighted by molar-refractivity contribution is -0.139. The molecule has 158 valence electrons. The van der Waals surface area contributed by atoms with Crippen molar-refractivity contribution >= 4 is 35.6 Å². The summed E-state index contributed by atoms with van der Waals surface area (Å²) in [7, 11) is 0. The van der Waals surface area contributed by atoms with Crippen LogP contribution in [0.2, 0.25) is 0 Å². The molecule has 0 heterocycles. The highest BCUT2D eigenvalue weighted by atomic mass is 16.4. The molecule has 0 fully saturated rings. The van der Waals surface area contributed by atoms with E-state index in [1.54, 1.807) is 0 Å². The van der Waals surface area contributed by atoms with Crippen molar-refractivity contribution in [1.82, 2.24) is 16.0 Å². The van der Waals surface area contributed by atoms with Gasteiger partial charge in [0.25, 0.3) is 0 Å². The molecular formula is C15H25N5O8. The van der Waals surface area contributed by atoms with Crippen LogP contribution in [0.4, 0.5) is 0 Å². The molecule has 3 atom stereocenters. The number of hydrogen-bond donors (Lipinski definition) is 7. The highest BCUT2D eigenvalue weighted by molar-refractivity contribution is 5.94. The van der Waals surface area contributed by atoms with Crippen LogP contribution in [0.5, 0.6) is 0 Å². The first kappa shape index (κ1) is 24.8. The van der Waals surface area contributed by atoms with Crippen LogP contribution in [-0.4, -0.2) is 70.5 Å². The predicted octanol–water partition coefficient (Wildman–Crippen LogP) is -3.37. The van der Waals surface area contributed by atoms with Crippen molar-refractivity contribution in [2.24, 2.45) is 11.5 Å². The minimum atomic E-state index is -1.32. The summed E-state index contributed by atoms with van der Waals surface area (Å²) in [6.45, 7) is 0.641. The zero-order valence-corrected chi connectivity index (χ0v) is 15.3. The number of primary amides is 1. The van der Waals surface area contributed by atoms with Gasteiger partial charge in [0.1, 0.15) is 18.6 Å². The monoisotopic (exact) mass is 403 g/mol. The molecule has 13 nitrogen and oxygen atoms in total. The van der Waals surface area contributed by atoms with E-state index in [0.29, 0.717) is 0 Å². The van der Waals surface area contributed by atoms with Gasteiger partial charge in [-0.05, 0) is 19.8 Å². The van der Waals surface area contributed by atoms with E-state index < -0.39 is 66.7 Å². The standard InChI is InChI=1S/C15H25N5O8/c1-7(16)13(26)19-9(3-5-11(22)23)15(28)20-8(2-4-10(17)21)14(27)18-6-12(24)25/h7-9H,2-6,16H2,1H3,(H2,17,21)(H,18,27)(H,19,26)(H,20,28)(H,22,23)(H,24,25). The fourth-order valence-electron chi connectivity index (χ4n) is 1.95. The topological polar surface area (TPSA) is 231 Å². The Morgan fingerprint density at radius 2 is 1.32 bits per heavy atom. The molecule has 9 N–H and O–H groups in total. The second kappa shape index (κ2) is 12.2. The van der Waals surface area contributed by atoms with Gasteiger partial charge in [-0.2, -0.15) is 0 Å². The number of nitrogens with one attached hydrogen (secondary N) is 3. The molecule has 4 amide bonds. The Morgan fingerprint density at radius 1 is 0.821 bits per heavy atom. The van der Waals surface area contributed by atoms with Crippen LogP contribution < -0.4 is 27.4 Å². The molecule has 28 heavy (non-hydrogen) atoms. The van der Waals surface area contributed by atoms with E-state index in [0.717, 1.165) is 0 Å². The maximum atomic E-state index is 12.4. The Kier molecular flexibility index (Phi) is 10.8. The molecular weight excluding hydrogens is 378 g/mol. The van der Waals surface area contributed by atoms with Crippen molar-refractivity contribution in [2.45, 2.75) is 50.7 Å². The number of nitrogens with two attached hydrogens (primary N) is 2. The summed E-state index contributed by atoms with van der Waals surface area (Å²) in [5, 5.41) is 24.0. The summed E-state index contributed by atoms with van der Waals surface area (Å²) < 4.78 is 0. The summed E-state index contributed by atoms with van der Waals surface area (Å²) >= 11 is 0. The first-order chi connectivity index (χ1) is 12.9. The van der Waals surface area contributed by atoms with Crippen molar-refractivity contribution in [3.8, 4) is 0 Å². The van der Waals surface area contributed by atoms with Gasteiger partial charge in [-0.25, -0.2) is 0 Å². The summed E-state index contributed by atoms with van der Waals surface area (Å²) in [6.07, 6.45) is -1.23. The molecule has 0 aliphatic heterocycles. The smallest absolute Gasteiger partial charge is 0.322 e. The molecule has 0 radical (unpaired) electrons. The molecule has 0 aliphatic carbocycles. The lowest BCUT2D eigenvalue weighted by Crippen LogP contribution is -2.55. The van der Waals surface area contributed by atoms with Crippen molar-refractivity contribution in [3.05, 3.63) is 0 Å². The molecule has 0 aromatic carbocycles. The lowest BCUT2D eigenvalue weighted by Gasteiger charge is -2.23. The normalized spacial score (nSPS) is 13.5. The third-order valence-electron chi connectivity index (χ3n) is 3.42. The lowest BCUT2D eigenvalue weighted by atomic mass is 10.1. The molecule has 0 aromatic heterocycles. The van der Waals surface area contributed by atoms with Crippen LogP contribution in [0.3, 0.4) is 0 Å². The highest BCUT2D eigenvalue weighted by Crippen LogP contribution is 2.03. The maximum absolute atomic E-state index is 12.4. The van der Waals surface area contributed by atoms with Gasteiger partial charge >= 0.3 is 11.9 Å². The van der Waals surface area contributed by atoms with E-state index in [4.69, 9.17) is 21.7 Å². The van der Waals surface area contributed by atoms with E-state index >= 15 is 0 Å². The number of carbonyl (C=O) groups excluding carboxylic acids is 4. The second-order valence-corrected chi connectivity index (χ2v) is 5.96. The highest BCUT2D eigenvalue weighted by Gasteiger charge is 2.28. The van der Waals surface area contributed by atoms with Gasteiger partial charge in [-0.1, -0.05) is 0 Å². The van der Waals surface area contributed by atoms with Gasteiger partial charge in [0.15, 0.2) is 0 Å². The number of hydrogen-bond acceptors (Lipinski definition) is 7. The Morgan fingerprint density at radius 3 is 1.79 bits per heavy atom. The van der Waals surface area contributed by atoms with Gasteiger partial charge in [-0.15, -0.1) is 0 Å². The van der Waals surface area contributed by atoms with Gasteiger partial charge in [0.05, 0.1) is 6.04 Å². The molecule has 0 rings (SSSR count). The zero-order valence-electron chi connectivity index (χ0n) is 15.3. The average Bonchev–Trinajstić information content (AvgIpc) is 2.58. The molecule has 0 saturated heterocycles. The van der Waals surface area contributed by atoms with Crippen LogP contribution in [-0.2, 0) is 28.8 Å². The first-order valence-corrected chi connectivity index (χ1v) is 8.30. The number of aliphatic carboxylic acids is 2. The molecule has 13 heteroatoms. The van der Waals surface area contributed by atoms with Crippen LogP contribution in [0, 0.1) is 0 Å². The Bertz CT molecular complexity index is 622. The number of amides is 4. The first-order valence-electron chi connectivity index (χ1n) is 8.30. The molecule has 0 aromatic rings. The van der Waals surface area contributed by atoms with Gasteiger partial charge in [0, 0.05) is 12.8 Å². The van der Waals surface area contributed by atoms with E-state index in [-0.39, 0.29) is 19.3 Å². The zero-order chi connectivity index (χ0) is 21.9. The summed E-state index contributed by atoms with van der Waals surface area (Å²) in [5.41, 5.74) is 10.4. The van der Waals surface area contributed by atoms with Crippen LogP contribution >= 0.6 is 0 Å². The molecule has 0 spiro atoms. The van der Waals surface area contributed by atoms with Crippen LogP contribution in [0.1, 0.15) is 32.6 Å². The quantitative estimate of drug-likeness (QED) is 0.162. The van der Waals surface area contributed by atoms with Gasteiger partial charge in [0.2, 0.25) is 23.6 Å². The molecule has 0 bridgehead atoms. The van der Waals surface area contributed by atoms with Crippen LogP contribution in [0.15, 0.2) is 0 Å². The molecule has 0 saturated carbocycles. The van der Waals surface area contributed by atoms with E-state index in [2.05, 4.69) is 16.0 Å². The van der Waals surface area contributed by atoms with E-state index in [1.165, 1.54) is 6.92 Å². The Hall–Kier alpha value is -3.22. The summed E-state index contributed by atoms with van der Waals surface area (Å²) in [4.78, 5) is 68.5. The number of carboxylic acids is 2. The van der Waals surface area contributed by atoms with E-state index in [9.17, 15) is 28.8 Å². The number of rotatable bonds is 13. The minimum absolute atomic E-state index is 0.223. The maximum Gasteiger partial charge on any atom is 0.322 e. The van der Waals surface area contributed by atoms with Gasteiger partial charge < -0.3 is 37.6 Å². The predicted molar refractivity (Wildman–Crippen MR) is 93.5 cm³/mol.